The maximum absolute atomic E-state index is 13.0. The topological polar surface area (TPSA) is 78.9 Å². The highest BCUT2D eigenvalue weighted by Crippen LogP contribution is 2.18. The Morgan fingerprint density at radius 3 is 0.725 bits per heavy atom. The summed E-state index contributed by atoms with van der Waals surface area (Å²) in [4.78, 5) is 38.5. The minimum atomic E-state index is -0.778. The third-order valence-corrected chi connectivity index (χ3v) is 16.0. The number of carbonyl (C=O) groups is 3. The molecular formula is C74H136O6. The fourth-order valence-corrected chi connectivity index (χ4v) is 10.6. The van der Waals surface area contributed by atoms with Crippen molar-refractivity contribution in [2.75, 3.05) is 13.2 Å². The van der Waals surface area contributed by atoms with Crippen LogP contribution < -0.4 is 0 Å². The highest BCUT2D eigenvalue weighted by Gasteiger charge is 2.19. The lowest BCUT2D eigenvalue weighted by atomic mass is 10.0. The third kappa shape index (κ3) is 66.2. The van der Waals surface area contributed by atoms with E-state index in [2.05, 4.69) is 69.4 Å². The summed E-state index contributed by atoms with van der Waals surface area (Å²) in [6.07, 6.45) is 87.0. The summed E-state index contributed by atoms with van der Waals surface area (Å²) in [5, 5.41) is 0. The van der Waals surface area contributed by atoms with Crippen molar-refractivity contribution in [1.29, 1.82) is 0 Å². The Hall–Kier alpha value is -2.63. The minimum absolute atomic E-state index is 0.0730. The summed E-state index contributed by atoms with van der Waals surface area (Å²) in [5.74, 6) is -0.856. The van der Waals surface area contributed by atoms with Crippen LogP contribution in [0.1, 0.15) is 387 Å². The summed E-state index contributed by atoms with van der Waals surface area (Å²) in [5.41, 5.74) is 0. The van der Waals surface area contributed by atoms with E-state index in [-0.39, 0.29) is 31.1 Å². The molecule has 0 aromatic rings. The molecule has 0 saturated carbocycles. The SMILES string of the molecule is CCCCC/C=C\C/C=C\CCCCCCCCCCCC(=O)OC(COC(=O)CCCCCCCCC/C=C\CCCCCCCCC)COC(=O)CCCCCCCCCCCCCCC/C=C\CCCCCCCCCC. The predicted octanol–water partition coefficient (Wildman–Crippen LogP) is 24.5. The Bertz CT molecular complexity index is 1380. The number of hydrogen-bond donors (Lipinski definition) is 0. The van der Waals surface area contributed by atoms with E-state index in [1.807, 2.05) is 0 Å². The van der Waals surface area contributed by atoms with Gasteiger partial charge in [0.15, 0.2) is 6.10 Å². The molecule has 0 bridgehead atoms. The van der Waals surface area contributed by atoms with E-state index >= 15 is 0 Å². The standard InChI is InChI=1S/C74H136O6/c1-4-7-10-13-16-19-22-25-28-31-34-35-36-37-38-39-41-43-46-49-52-55-58-61-64-67-73(76)79-70-71(69-78-72(75)66-63-60-57-54-51-48-45-42-33-30-27-24-21-18-15-12-9-6-3)80-74(77)68-65-62-59-56-53-50-47-44-40-32-29-26-23-20-17-14-11-8-5-2/h17,20,26,29-31,33-34,71H,4-16,18-19,21-25,27-28,32,35-70H2,1-3H3/b20-17-,29-26-,33-30-,34-31-. The summed E-state index contributed by atoms with van der Waals surface area (Å²) < 4.78 is 17.0. The van der Waals surface area contributed by atoms with Crippen molar-refractivity contribution < 1.29 is 28.6 Å². The fourth-order valence-electron chi connectivity index (χ4n) is 10.6. The van der Waals surface area contributed by atoms with Crippen LogP contribution in [0.15, 0.2) is 48.6 Å². The molecule has 0 aliphatic rings. The van der Waals surface area contributed by atoms with Gasteiger partial charge in [0.1, 0.15) is 13.2 Å². The maximum atomic E-state index is 13.0. The van der Waals surface area contributed by atoms with Crippen LogP contribution in [0.2, 0.25) is 0 Å². The van der Waals surface area contributed by atoms with Crippen molar-refractivity contribution in [1.82, 2.24) is 0 Å². The first-order valence-corrected chi connectivity index (χ1v) is 35.6. The van der Waals surface area contributed by atoms with Gasteiger partial charge in [-0.3, -0.25) is 14.4 Å². The van der Waals surface area contributed by atoms with Gasteiger partial charge in [0.25, 0.3) is 0 Å². The average molecular weight is 1120 g/mol. The fraction of sp³-hybridized carbons (Fsp3) is 0.851. The lowest BCUT2D eigenvalue weighted by Crippen LogP contribution is -2.30. The molecule has 0 amide bonds. The Balaban J connectivity index is 4.31. The van der Waals surface area contributed by atoms with E-state index in [1.54, 1.807) is 0 Å². The molecule has 0 fully saturated rings. The Morgan fingerprint density at radius 1 is 0.250 bits per heavy atom. The van der Waals surface area contributed by atoms with Crippen LogP contribution in [-0.2, 0) is 28.6 Å². The lowest BCUT2D eigenvalue weighted by molar-refractivity contribution is -0.167. The first-order valence-electron chi connectivity index (χ1n) is 35.6. The van der Waals surface area contributed by atoms with Gasteiger partial charge in [-0.25, -0.2) is 0 Å². The van der Waals surface area contributed by atoms with Crippen molar-refractivity contribution in [3.8, 4) is 0 Å². The van der Waals surface area contributed by atoms with E-state index in [9.17, 15) is 14.4 Å². The van der Waals surface area contributed by atoms with E-state index < -0.39 is 6.10 Å². The molecule has 0 aliphatic carbocycles. The quantitative estimate of drug-likeness (QED) is 0.0261. The molecule has 0 radical (unpaired) electrons. The van der Waals surface area contributed by atoms with Crippen LogP contribution in [0.3, 0.4) is 0 Å². The molecule has 0 aliphatic heterocycles. The van der Waals surface area contributed by atoms with Gasteiger partial charge in [-0.05, 0) is 103 Å². The monoisotopic (exact) mass is 1120 g/mol. The molecule has 1 atom stereocenters. The van der Waals surface area contributed by atoms with Gasteiger partial charge >= 0.3 is 17.9 Å². The van der Waals surface area contributed by atoms with Crippen LogP contribution >= 0.6 is 0 Å². The van der Waals surface area contributed by atoms with Crippen molar-refractivity contribution in [3.05, 3.63) is 48.6 Å². The lowest BCUT2D eigenvalue weighted by Gasteiger charge is -2.18. The van der Waals surface area contributed by atoms with Crippen molar-refractivity contribution >= 4 is 17.9 Å². The first kappa shape index (κ1) is 77.4. The van der Waals surface area contributed by atoms with Crippen molar-refractivity contribution in [2.45, 2.75) is 393 Å². The van der Waals surface area contributed by atoms with Gasteiger partial charge in [-0.15, -0.1) is 0 Å². The van der Waals surface area contributed by atoms with Gasteiger partial charge in [-0.2, -0.15) is 0 Å². The number of rotatable bonds is 66. The van der Waals surface area contributed by atoms with E-state index in [1.165, 1.54) is 283 Å². The number of ether oxygens (including phenoxy) is 3. The normalized spacial score (nSPS) is 12.3. The molecule has 468 valence electrons. The molecule has 0 heterocycles. The predicted molar refractivity (Wildman–Crippen MR) is 349 cm³/mol. The van der Waals surface area contributed by atoms with Gasteiger partial charge in [-0.1, -0.05) is 313 Å². The van der Waals surface area contributed by atoms with Gasteiger partial charge < -0.3 is 14.2 Å². The highest BCUT2D eigenvalue weighted by molar-refractivity contribution is 5.71. The molecule has 0 saturated heterocycles. The van der Waals surface area contributed by atoms with Crippen molar-refractivity contribution in [2.24, 2.45) is 0 Å². The van der Waals surface area contributed by atoms with E-state index in [0.29, 0.717) is 19.3 Å². The van der Waals surface area contributed by atoms with Crippen LogP contribution in [0, 0.1) is 0 Å². The second-order valence-corrected chi connectivity index (χ2v) is 24.1. The number of hydrogen-bond acceptors (Lipinski definition) is 6. The summed E-state index contributed by atoms with van der Waals surface area (Å²) in [6.45, 7) is 6.67. The largest absolute Gasteiger partial charge is 0.462 e. The minimum Gasteiger partial charge on any atom is -0.462 e. The Labute approximate surface area is 498 Å². The second-order valence-electron chi connectivity index (χ2n) is 24.1. The van der Waals surface area contributed by atoms with Crippen LogP contribution in [0.5, 0.6) is 0 Å². The van der Waals surface area contributed by atoms with Crippen molar-refractivity contribution in [3.63, 3.8) is 0 Å². The Kier molecular flexibility index (Phi) is 66.6. The second kappa shape index (κ2) is 68.9. The van der Waals surface area contributed by atoms with Crippen LogP contribution in [0.25, 0.3) is 0 Å². The van der Waals surface area contributed by atoms with E-state index in [0.717, 1.165) is 64.2 Å². The van der Waals surface area contributed by atoms with Crippen LogP contribution in [0.4, 0.5) is 0 Å². The molecule has 0 aromatic carbocycles. The van der Waals surface area contributed by atoms with E-state index in [4.69, 9.17) is 14.2 Å². The van der Waals surface area contributed by atoms with Gasteiger partial charge in [0.05, 0.1) is 0 Å². The molecule has 6 nitrogen and oxygen atoms in total. The van der Waals surface area contributed by atoms with Gasteiger partial charge in [0.2, 0.25) is 0 Å². The number of allylic oxidation sites excluding steroid dienone is 8. The zero-order valence-electron chi connectivity index (χ0n) is 53.9. The number of carbonyl (C=O) groups excluding carboxylic acids is 3. The average Bonchev–Trinajstić information content (AvgIpc) is 3.46. The zero-order valence-corrected chi connectivity index (χ0v) is 53.9. The molecule has 0 N–H and O–H groups in total. The van der Waals surface area contributed by atoms with Gasteiger partial charge in [0, 0.05) is 19.3 Å². The first-order chi connectivity index (χ1) is 39.5. The molecule has 80 heavy (non-hydrogen) atoms. The summed E-state index contributed by atoms with van der Waals surface area (Å²) in [7, 11) is 0. The Morgan fingerprint density at radius 2 is 0.450 bits per heavy atom. The molecule has 1 unspecified atom stereocenters. The number of unbranched alkanes of at least 4 members (excludes halogenated alkanes) is 47. The highest BCUT2D eigenvalue weighted by atomic mass is 16.6. The maximum Gasteiger partial charge on any atom is 0.306 e. The smallest absolute Gasteiger partial charge is 0.306 e. The molecule has 6 heteroatoms. The molecule has 0 rings (SSSR count). The third-order valence-electron chi connectivity index (χ3n) is 16.0. The van der Waals surface area contributed by atoms with Crippen LogP contribution in [-0.4, -0.2) is 37.2 Å². The zero-order chi connectivity index (χ0) is 57.8. The summed E-state index contributed by atoms with van der Waals surface area (Å²) in [6, 6.07) is 0. The molecule has 0 spiro atoms. The number of esters is 3. The molecule has 0 aromatic heterocycles. The molecular weight excluding hydrogens is 985 g/mol. The summed E-state index contributed by atoms with van der Waals surface area (Å²) >= 11 is 0.